The third-order valence-corrected chi connectivity index (χ3v) is 8.68. The van der Waals surface area contributed by atoms with Crippen molar-refractivity contribution in [1.29, 1.82) is 0 Å². The lowest BCUT2D eigenvalue weighted by Crippen LogP contribution is -1.91. The molecule has 6 nitrogen and oxygen atoms in total. The number of aromatic amines is 2. The average Bonchev–Trinajstić information content (AvgIpc) is 3.59. The van der Waals surface area contributed by atoms with Gasteiger partial charge in [0, 0.05) is 35.3 Å². The Hall–Kier alpha value is -3.48. The topological polar surface area (TPSA) is 97.8 Å². The van der Waals surface area contributed by atoms with Crippen LogP contribution >= 0.6 is 0 Å². The van der Waals surface area contributed by atoms with Gasteiger partial charge >= 0.3 is 0 Å². The lowest BCUT2D eigenvalue weighted by molar-refractivity contribution is 0.288. The Kier molecular flexibility index (Phi) is 8.11. The second kappa shape index (κ2) is 11.6. The number of allylic oxidation sites excluding steroid dienone is 4. The first kappa shape index (κ1) is 28.1. The number of aryl methyl sites for hydroxylation is 4. The highest BCUT2D eigenvalue weighted by molar-refractivity contribution is 5.95. The number of aliphatic hydroxyl groups excluding tert-OH is 2. The highest BCUT2D eigenvalue weighted by Gasteiger charge is 2.21. The van der Waals surface area contributed by atoms with Crippen molar-refractivity contribution < 1.29 is 10.2 Å². The van der Waals surface area contributed by atoms with E-state index >= 15 is 0 Å². The van der Waals surface area contributed by atoms with E-state index in [-0.39, 0.29) is 13.2 Å². The average molecular weight is 539 g/mol. The van der Waals surface area contributed by atoms with Crippen molar-refractivity contribution in [1.82, 2.24) is 19.9 Å². The largest absolute Gasteiger partial charge is 0.396 e. The molecule has 6 heteroatoms. The SMILES string of the molecule is CCC1=C(C)c2cc3nc(cc4[nH]c(cc5[nH]c(cc1n2)c(C)c5CC)c(C)c4CCCO)C(CCCO)=C3C. The fourth-order valence-corrected chi connectivity index (χ4v) is 6.27. The van der Waals surface area contributed by atoms with Crippen LogP contribution in [0.25, 0.3) is 44.4 Å². The van der Waals surface area contributed by atoms with Crippen LogP contribution < -0.4 is 0 Å². The maximum atomic E-state index is 9.63. The number of nitrogens with one attached hydrogen (secondary N) is 2. The minimum absolute atomic E-state index is 0.144. The standard InChI is InChI=1S/C34H42N4O2/c1-7-23-19(3)27-15-28-21(5)25(11-9-13-39)33(37-28)18-34-26(12-10-14-40)22(6)30(38-34)17-32-24(8-2)20(4)29(36-32)16-31(23)35-27/h15-18,36,38-40H,7-14H2,1-6H3. The van der Waals surface area contributed by atoms with E-state index < -0.39 is 0 Å². The molecule has 0 atom stereocenters. The molecule has 0 aromatic carbocycles. The monoisotopic (exact) mass is 538 g/mol. The minimum atomic E-state index is 0.144. The molecule has 0 radical (unpaired) electrons. The molecule has 4 N–H and O–H groups in total. The lowest BCUT2D eigenvalue weighted by atomic mass is 10.00. The molecule has 0 saturated heterocycles. The van der Waals surface area contributed by atoms with Gasteiger partial charge in [-0.3, -0.25) is 0 Å². The van der Waals surface area contributed by atoms with Gasteiger partial charge in [0.25, 0.3) is 0 Å². The van der Waals surface area contributed by atoms with Gasteiger partial charge < -0.3 is 20.2 Å². The van der Waals surface area contributed by atoms with E-state index in [0.29, 0.717) is 12.8 Å². The third-order valence-electron chi connectivity index (χ3n) is 8.68. The zero-order valence-electron chi connectivity index (χ0n) is 24.8. The zero-order chi connectivity index (χ0) is 28.6. The summed E-state index contributed by atoms with van der Waals surface area (Å²) in [5.74, 6) is 0. The number of nitrogens with zero attached hydrogens (tertiary/aromatic N) is 2. The van der Waals surface area contributed by atoms with Crippen LogP contribution in [-0.2, 0) is 12.8 Å². The molecule has 8 bridgehead atoms. The molecule has 0 unspecified atom stereocenters. The molecule has 2 aliphatic rings. The second-order valence-corrected chi connectivity index (χ2v) is 11.0. The van der Waals surface area contributed by atoms with E-state index in [2.05, 4.69) is 75.8 Å². The van der Waals surface area contributed by atoms with Crippen LogP contribution in [0.3, 0.4) is 0 Å². The van der Waals surface area contributed by atoms with E-state index in [1.807, 2.05) is 0 Å². The summed E-state index contributed by atoms with van der Waals surface area (Å²) in [7, 11) is 0. The minimum Gasteiger partial charge on any atom is -0.396 e. The molecule has 0 amide bonds. The summed E-state index contributed by atoms with van der Waals surface area (Å²) in [5, 5.41) is 19.3. The van der Waals surface area contributed by atoms with E-state index in [4.69, 9.17) is 9.97 Å². The Morgan fingerprint density at radius 2 is 1.10 bits per heavy atom. The summed E-state index contributed by atoms with van der Waals surface area (Å²) in [6.45, 7) is 13.3. The first-order chi connectivity index (χ1) is 19.3. The number of aromatic nitrogens is 4. The van der Waals surface area contributed by atoms with Crippen molar-refractivity contribution in [2.24, 2.45) is 0 Å². The van der Waals surface area contributed by atoms with Gasteiger partial charge in [-0.1, -0.05) is 13.8 Å². The van der Waals surface area contributed by atoms with Crippen LogP contribution in [-0.4, -0.2) is 43.4 Å². The van der Waals surface area contributed by atoms with Crippen molar-refractivity contribution in [2.75, 3.05) is 13.2 Å². The number of aliphatic hydroxyl groups is 2. The smallest absolute Gasteiger partial charge is 0.0693 e. The first-order valence-corrected chi connectivity index (χ1v) is 14.7. The second-order valence-electron chi connectivity index (χ2n) is 11.0. The Bertz CT molecular complexity index is 1680. The molecule has 3 aromatic rings. The quantitative estimate of drug-likeness (QED) is 0.239. The number of rotatable bonds is 8. The Balaban J connectivity index is 1.94. The van der Waals surface area contributed by atoms with Crippen LogP contribution in [0, 0.1) is 13.8 Å². The fourth-order valence-electron chi connectivity index (χ4n) is 6.27. The first-order valence-electron chi connectivity index (χ1n) is 14.7. The number of hydrogen-bond acceptors (Lipinski definition) is 4. The molecular formula is C34H42N4O2. The molecule has 0 saturated carbocycles. The highest BCUT2D eigenvalue weighted by atomic mass is 16.3. The number of hydrogen-bond donors (Lipinski definition) is 4. The van der Waals surface area contributed by atoms with Crippen molar-refractivity contribution in [3.8, 4) is 0 Å². The van der Waals surface area contributed by atoms with E-state index in [0.717, 1.165) is 76.1 Å². The molecule has 5 heterocycles. The van der Waals surface area contributed by atoms with Crippen LogP contribution in [0.2, 0.25) is 0 Å². The third kappa shape index (κ3) is 4.95. The molecule has 210 valence electrons. The summed E-state index contributed by atoms with van der Waals surface area (Å²) >= 11 is 0. The van der Waals surface area contributed by atoms with Gasteiger partial charge in [0.1, 0.15) is 0 Å². The molecule has 0 aliphatic carbocycles. The lowest BCUT2D eigenvalue weighted by Gasteiger charge is -2.04. The molecule has 40 heavy (non-hydrogen) atoms. The summed E-state index contributed by atoms with van der Waals surface area (Å²) in [6.07, 6.45) is 4.77. The molecule has 0 spiro atoms. The van der Waals surface area contributed by atoms with Crippen LogP contribution in [0.1, 0.15) is 98.4 Å². The Morgan fingerprint density at radius 3 is 1.73 bits per heavy atom. The fraction of sp³-hybridized carbons (Fsp3) is 0.412. The van der Waals surface area contributed by atoms with Gasteiger partial charge in [-0.2, -0.15) is 0 Å². The molecular weight excluding hydrogens is 496 g/mol. The molecule has 0 fully saturated rings. The zero-order valence-corrected chi connectivity index (χ0v) is 24.8. The Labute approximate surface area is 237 Å². The maximum Gasteiger partial charge on any atom is 0.0693 e. The van der Waals surface area contributed by atoms with Crippen LogP contribution in [0.15, 0.2) is 24.3 Å². The molecule has 3 aromatic heterocycles. The van der Waals surface area contributed by atoms with Crippen molar-refractivity contribution in [3.05, 3.63) is 69.3 Å². The number of fused-ring (bicyclic) bond motifs is 8. The van der Waals surface area contributed by atoms with Crippen molar-refractivity contribution in [2.45, 2.75) is 80.1 Å². The summed E-state index contributed by atoms with van der Waals surface area (Å²) in [4.78, 5) is 17.7. The van der Waals surface area contributed by atoms with Gasteiger partial charge in [0.05, 0.1) is 22.8 Å². The van der Waals surface area contributed by atoms with Gasteiger partial charge in [-0.25, -0.2) is 9.97 Å². The highest BCUT2D eigenvalue weighted by Crippen LogP contribution is 2.37. The normalized spacial score (nSPS) is 13.6. The van der Waals surface area contributed by atoms with Gasteiger partial charge in [-0.15, -0.1) is 0 Å². The summed E-state index contributed by atoms with van der Waals surface area (Å²) in [6, 6.07) is 8.73. The van der Waals surface area contributed by atoms with Gasteiger partial charge in [0.15, 0.2) is 0 Å². The predicted molar refractivity (Wildman–Crippen MR) is 167 cm³/mol. The van der Waals surface area contributed by atoms with E-state index in [1.54, 1.807) is 0 Å². The molecule has 5 rings (SSSR count). The van der Waals surface area contributed by atoms with Crippen molar-refractivity contribution in [3.63, 3.8) is 0 Å². The van der Waals surface area contributed by atoms with Gasteiger partial charge in [0.2, 0.25) is 0 Å². The van der Waals surface area contributed by atoms with Crippen LogP contribution in [0.5, 0.6) is 0 Å². The predicted octanol–water partition coefficient (Wildman–Crippen LogP) is 7.46. The Morgan fingerprint density at radius 1 is 0.575 bits per heavy atom. The summed E-state index contributed by atoms with van der Waals surface area (Å²) < 4.78 is 0. The van der Waals surface area contributed by atoms with E-state index in [1.165, 1.54) is 39.0 Å². The maximum absolute atomic E-state index is 9.63. The molecule has 2 aliphatic heterocycles. The van der Waals surface area contributed by atoms with E-state index in [9.17, 15) is 10.2 Å². The summed E-state index contributed by atoms with van der Waals surface area (Å²) in [5.41, 5.74) is 17.9. The van der Waals surface area contributed by atoms with Crippen LogP contribution in [0.4, 0.5) is 0 Å². The number of H-pyrrole nitrogens is 2. The van der Waals surface area contributed by atoms with Crippen molar-refractivity contribution >= 4 is 44.4 Å². The van der Waals surface area contributed by atoms with Gasteiger partial charge in [-0.05, 0) is 135 Å².